The van der Waals surface area contributed by atoms with Crippen LogP contribution in [0.15, 0.2) is 63.7 Å². The van der Waals surface area contributed by atoms with Crippen LogP contribution in [-0.2, 0) is 13.6 Å². The molecule has 2 aromatic carbocycles. The van der Waals surface area contributed by atoms with Gasteiger partial charge in [0, 0.05) is 24.5 Å². The van der Waals surface area contributed by atoms with E-state index in [2.05, 4.69) is 28.7 Å². The first-order valence-corrected chi connectivity index (χ1v) is 13.7. The smallest absolute Gasteiger partial charge is 0.297 e. The Morgan fingerprint density at radius 3 is 2.42 bits per heavy atom. The summed E-state index contributed by atoms with van der Waals surface area (Å²) >= 11 is 14.0. The van der Waals surface area contributed by atoms with E-state index in [0.29, 0.717) is 15.7 Å². The van der Waals surface area contributed by atoms with Crippen LogP contribution in [0.1, 0.15) is 26.0 Å². The van der Waals surface area contributed by atoms with Gasteiger partial charge in [-0.05, 0) is 57.2 Å². The highest BCUT2D eigenvalue weighted by molar-refractivity contribution is 7.07. The highest BCUT2D eigenvalue weighted by Crippen LogP contribution is 2.29. The van der Waals surface area contributed by atoms with E-state index in [1.54, 1.807) is 4.68 Å². The Morgan fingerprint density at radius 2 is 1.75 bits per heavy atom. The van der Waals surface area contributed by atoms with Gasteiger partial charge in [-0.2, -0.15) is 0 Å². The third kappa shape index (κ3) is 5.39. The molecule has 6 nitrogen and oxygen atoms in total. The van der Waals surface area contributed by atoms with Gasteiger partial charge in [0.2, 0.25) is 0 Å². The summed E-state index contributed by atoms with van der Waals surface area (Å²) in [5.74, 6) is 0. The molecule has 0 N–H and O–H groups in total. The Kier molecular flexibility index (Phi) is 8.57. The van der Waals surface area contributed by atoms with Gasteiger partial charge in [0.05, 0.1) is 27.1 Å². The lowest BCUT2D eigenvalue weighted by Gasteiger charge is -2.18. The molecule has 0 amide bonds. The number of hydrogen-bond donors (Lipinski definition) is 0. The number of para-hydroxylation sites is 1. The minimum Gasteiger partial charge on any atom is -0.316 e. The van der Waals surface area contributed by atoms with Crippen molar-refractivity contribution in [3.8, 4) is 16.9 Å². The van der Waals surface area contributed by atoms with E-state index < -0.39 is 0 Å². The molecule has 0 radical (unpaired) electrons. The number of nitrogens with zero attached hydrogens (tertiary/aromatic N) is 5. The lowest BCUT2D eigenvalue weighted by atomic mass is 10.1. The van der Waals surface area contributed by atoms with Crippen LogP contribution in [0.4, 0.5) is 5.69 Å². The van der Waals surface area contributed by atoms with Crippen molar-refractivity contribution in [3.05, 3.63) is 84.8 Å². The number of halogens is 2. The van der Waals surface area contributed by atoms with Crippen LogP contribution in [0, 0.1) is 6.92 Å². The van der Waals surface area contributed by atoms with E-state index in [0.717, 1.165) is 60.0 Å². The maximum Gasteiger partial charge on any atom is 0.297 e. The minimum absolute atomic E-state index is 0.139. The monoisotopic (exact) mass is 543 g/mol. The Labute approximate surface area is 225 Å². The molecule has 0 saturated carbocycles. The van der Waals surface area contributed by atoms with Gasteiger partial charge in [-0.25, -0.2) is 9.67 Å². The minimum atomic E-state index is -0.139. The molecular weight excluding hydrogens is 513 g/mol. The van der Waals surface area contributed by atoms with E-state index >= 15 is 0 Å². The van der Waals surface area contributed by atoms with Crippen molar-refractivity contribution in [1.82, 2.24) is 18.8 Å². The number of thiazole rings is 1. The molecule has 0 unspecified atom stereocenters. The molecule has 190 valence electrons. The van der Waals surface area contributed by atoms with Crippen LogP contribution in [0.5, 0.6) is 0 Å². The van der Waals surface area contributed by atoms with E-state index in [1.807, 2.05) is 67.2 Å². The molecule has 2 heterocycles. The maximum absolute atomic E-state index is 13.5. The van der Waals surface area contributed by atoms with E-state index in [9.17, 15) is 4.79 Å². The highest BCUT2D eigenvalue weighted by Gasteiger charge is 2.17. The Bertz CT molecular complexity index is 1460. The first kappa shape index (κ1) is 26.5. The quantitative estimate of drug-likeness (QED) is 0.249. The summed E-state index contributed by atoms with van der Waals surface area (Å²) in [6.07, 6.45) is 0.960. The molecule has 4 aromatic rings. The summed E-state index contributed by atoms with van der Waals surface area (Å²) in [5, 5.41) is 3.11. The zero-order chi connectivity index (χ0) is 25.8. The SMILES string of the molecule is CCN(CC)CCCn1c(-c2ccc(Cl)c(Cl)c2)csc1=Nc1c(C)n(C)n(-c2ccccc2)c1=O. The van der Waals surface area contributed by atoms with Gasteiger partial charge in [-0.3, -0.25) is 9.48 Å². The summed E-state index contributed by atoms with van der Waals surface area (Å²) < 4.78 is 5.70. The van der Waals surface area contributed by atoms with Gasteiger partial charge in [0.25, 0.3) is 5.56 Å². The number of hydrogen-bond acceptors (Lipinski definition) is 4. The third-order valence-electron chi connectivity index (χ3n) is 6.49. The number of aromatic nitrogens is 3. The summed E-state index contributed by atoms with van der Waals surface area (Å²) in [7, 11) is 1.89. The van der Waals surface area contributed by atoms with Crippen LogP contribution in [0.3, 0.4) is 0 Å². The zero-order valence-corrected chi connectivity index (χ0v) is 23.4. The van der Waals surface area contributed by atoms with Gasteiger partial charge in [0.1, 0.15) is 0 Å². The van der Waals surface area contributed by atoms with Crippen LogP contribution >= 0.6 is 34.5 Å². The second-order valence-electron chi connectivity index (χ2n) is 8.59. The summed E-state index contributed by atoms with van der Waals surface area (Å²) in [4.78, 5) is 21.6. The van der Waals surface area contributed by atoms with Crippen molar-refractivity contribution in [2.45, 2.75) is 33.7 Å². The normalized spacial score (nSPS) is 12.1. The molecule has 4 rings (SSSR count). The van der Waals surface area contributed by atoms with Crippen LogP contribution in [-0.4, -0.2) is 38.5 Å². The second-order valence-corrected chi connectivity index (χ2v) is 10.2. The number of benzene rings is 2. The maximum atomic E-state index is 13.5. The molecule has 0 atom stereocenters. The van der Waals surface area contributed by atoms with Crippen LogP contribution < -0.4 is 10.4 Å². The van der Waals surface area contributed by atoms with Gasteiger partial charge in [0.15, 0.2) is 10.5 Å². The second kappa shape index (κ2) is 11.6. The molecule has 0 saturated heterocycles. The standard InChI is InChI=1S/C27H31Cl2N5OS/c1-5-32(6-2)15-10-16-33-24(20-13-14-22(28)23(29)17-20)18-36-27(33)30-25-19(3)31(4)34(26(25)35)21-11-8-7-9-12-21/h7-9,11-14,17-18H,5-6,10,15-16H2,1-4H3. The number of rotatable bonds is 9. The van der Waals surface area contributed by atoms with Gasteiger partial charge in [-0.15, -0.1) is 11.3 Å². The van der Waals surface area contributed by atoms with E-state index in [4.69, 9.17) is 28.2 Å². The predicted octanol–water partition coefficient (Wildman–Crippen LogP) is 6.29. The molecule has 0 bridgehead atoms. The Balaban J connectivity index is 1.82. The largest absolute Gasteiger partial charge is 0.316 e. The van der Waals surface area contributed by atoms with Gasteiger partial charge < -0.3 is 9.47 Å². The van der Waals surface area contributed by atoms with Crippen LogP contribution in [0.2, 0.25) is 10.0 Å². The van der Waals surface area contributed by atoms with Crippen molar-refractivity contribution in [1.29, 1.82) is 0 Å². The third-order valence-corrected chi connectivity index (χ3v) is 8.10. The zero-order valence-electron chi connectivity index (χ0n) is 21.0. The van der Waals surface area contributed by atoms with Crippen molar-refractivity contribution < 1.29 is 0 Å². The average molecular weight is 545 g/mol. The summed E-state index contributed by atoms with van der Waals surface area (Å²) in [6.45, 7) is 10.1. The molecular formula is C27H31Cl2N5OS. The Hall–Kier alpha value is -2.58. The molecule has 0 aliphatic carbocycles. The van der Waals surface area contributed by atoms with Gasteiger partial charge >= 0.3 is 0 Å². The topological polar surface area (TPSA) is 47.5 Å². The summed E-state index contributed by atoms with van der Waals surface area (Å²) in [6, 6.07) is 15.3. The van der Waals surface area contributed by atoms with Crippen molar-refractivity contribution in [3.63, 3.8) is 0 Å². The highest BCUT2D eigenvalue weighted by atomic mass is 35.5. The molecule has 9 heteroatoms. The van der Waals surface area contributed by atoms with Crippen molar-refractivity contribution >= 4 is 40.2 Å². The van der Waals surface area contributed by atoms with Crippen LogP contribution in [0.25, 0.3) is 16.9 Å². The Morgan fingerprint density at radius 1 is 1.03 bits per heavy atom. The predicted molar refractivity (Wildman–Crippen MR) is 151 cm³/mol. The lowest BCUT2D eigenvalue weighted by molar-refractivity contribution is 0.293. The molecule has 0 aliphatic heterocycles. The molecule has 0 aliphatic rings. The fourth-order valence-electron chi connectivity index (χ4n) is 4.29. The lowest BCUT2D eigenvalue weighted by Crippen LogP contribution is -2.26. The fourth-order valence-corrected chi connectivity index (χ4v) is 5.53. The van der Waals surface area contributed by atoms with Gasteiger partial charge in [-0.1, -0.05) is 61.3 Å². The molecule has 2 aromatic heterocycles. The van der Waals surface area contributed by atoms with E-state index in [-0.39, 0.29) is 5.56 Å². The average Bonchev–Trinajstić information content (AvgIpc) is 3.37. The fraction of sp³-hybridized carbons (Fsp3) is 0.333. The first-order valence-electron chi connectivity index (χ1n) is 12.1. The molecule has 0 fully saturated rings. The first-order chi connectivity index (χ1) is 17.3. The summed E-state index contributed by atoms with van der Waals surface area (Å²) in [5.41, 5.74) is 3.90. The van der Waals surface area contributed by atoms with Crippen molar-refractivity contribution in [2.24, 2.45) is 12.0 Å². The molecule has 36 heavy (non-hydrogen) atoms. The molecule has 0 spiro atoms. The van der Waals surface area contributed by atoms with E-state index in [1.165, 1.54) is 11.3 Å². The van der Waals surface area contributed by atoms with Crippen molar-refractivity contribution in [2.75, 3.05) is 19.6 Å².